The molecule has 1 aliphatic carbocycles. The molecule has 2 aromatic heterocycles. The van der Waals surface area contributed by atoms with Crippen molar-refractivity contribution in [1.29, 1.82) is 0 Å². The molecule has 5 rings (SSSR count). The Hall–Kier alpha value is -3.36. The summed E-state index contributed by atoms with van der Waals surface area (Å²) >= 11 is 2.87. The maximum Gasteiger partial charge on any atom is 0.263 e. The summed E-state index contributed by atoms with van der Waals surface area (Å²) in [6, 6.07) is 16.7. The van der Waals surface area contributed by atoms with Gasteiger partial charge in [0.05, 0.1) is 11.1 Å². The van der Waals surface area contributed by atoms with Crippen LogP contribution in [0.1, 0.15) is 16.9 Å². The number of aryl methyl sites for hydroxylation is 2. The fourth-order valence-electron chi connectivity index (χ4n) is 4.02. The Kier molecular flexibility index (Phi) is 6.51. The largest absolute Gasteiger partial charge is 0.457 e. The summed E-state index contributed by atoms with van der Waals surface area (Å²) in [6.07, 6.45) is 4.72. The molecule has 6 nitrogen and oxygen atoms in total. The minimum atomic E-state index is -0.171. The van der Waals surface area contributed by atoms with Crippen LogP contribution in [0.25, 0.3) is 10.2 Å². The fraction of sp³-hybridized carbons (Fsp3) is 0.192. The molecule has 4 aromatic rings. The second-order valence-corrected chi connectivity index (χ2v) is 9.94. The maximum absolute atomic E-state index is 13.2. The Morgan fingerprint density at radius 3 is 2.68 bits per heavy atom. The number of amides is 1. The third-order valence-corrected chi connectivity index (χ3v) is 7.71. The van der Waals surface area contributed by atoms with Crippen LogP contribution in [0.15, 0.2) is 77.2 Å². The lowest BCUT2D eigenvalue weighted by Gasteiger charge is -2.11. The molecule has 1 N–H and O–H groups in total. The number of benzene rings is 2. The third kappa shape index (κ3) is 4.64. The highest BCUT2D eigenvalue weighted by molar-refractivity contribution is 7.99. The van der Waals surface area contributed by atoms with E-state index in [1.54, 1.807) is 34.1 Å². The molecule has 0 saturated heterocycles. The lowest BCUT2D eigenvalue weighted by molar-refractivity contribution is -0.113. The second kappa shape index (κ2) is 9.87. The van der Waals surface area contributed by atoms with Crippen LogP contribution in [-0.2, 0) is 24.2 Å². The van der Waals surface area contributed by atoms with E-state index in [1.807, 2.05) is 42.5 Å². The number of allylic oxidation sites excluding steroid dienone is 1. The molecular formula is C26H23N3O3S2. The molecular weight excluding hydrogens is 466 g/mol. The molecule has 1 aliphatic rings. The molecule has 2 heterocycles. The monoisotopic (exact) mass is 489 g/mol. The number of aromatic nitrogens is 2. The predicted octanol–water partition coefficient (Wildman–Crippen LogP) is 5.66. The van der Waals surface area contributed by atoms with Gasteiger partial charge in [0.1, 0.15) is 16.3 Å². The first-order chi connectivity index (χ1) is 16.6. The van der Waals surface area contributed by atoms with Gasteiger partial charge in [-0.1, -0.05) is 36.0 Å². The third-order valence-electron chi connectivity index (χ3n) is 5.55. The van der Waals surface area contributed by atoms with Crippen LogP contribution in [-0.4, -0.2) is 21.2 Å². The highest BCUT2D eigenvalue weighted by atomic mass is 32.2. The molecule has 0 spiro atoms. The Morgan fingerprint density at radius 1 is 1.15 bits per heavy atom. The van der Waals surface area contributed by atoms with Crippen molar-refractivity contribution in [3.8, 4) is 11.5 Å². The van der Waals surface area contributed by atoms with E-state index >= 15 is 0 Å². The molecule has 0 radical (unpaired) electrons. The van der Waals surface area contributed by atoms with E-state index in [1.165, 1.54) is 16.6 Å². The van der Waals surface area contributed by atoms with Gasteiger partial charge in [0.25, 0.3) is 5.56 Å². The van der Waals surface area contributed by atoms with E-state index in [4.69, 9.17) is 9.72 Å². The van der Waals surface area contributed by atoms with Gasteiger partial charge in [-0.15, -0.1) is 17.9 Å². The number of rotatable bonds is 8. The normalized spacial score (nSPS) is 12.5. The fourth-order valence-corrected chi connectivity index (χ4v) is 6.13. The number of ether oxygens (including phenoxy) is 1. The molecule has 1 amide bonds. The first-order valence-electron chi connectivity index (χ1n) is 11.0. The molecule has 172 valence electrons. The average molecular weight is 490 g/mol. The first-order valence-corrected chi connectivity index (χ1v) is 12.8. The molecule has 2 aromatic carbocycles. The molecule has 0 saturated carbocycles. The van der Waals surface area contributed by atoms with Crippen LogP contribution in [0.5, 0.6) is 11.5 Å². The van der Waals surface area contributed by atoms with Crippen molar-refractivity contribution in [1.82, 2.24) is 9.55 Å². The number of hydrogen-bond donors (Lipinski definition) is 1. The van der Waals surface area contributed by atoms with E-state index in [0.717, 1.165) is 40.8 Å². The van der Waals surface area contributed by atoms with Crippen LogP contribution >= 0.6 is 23.1 Å². The Morgan fingerprint density at radius 2 is 1.91 bits per heavy atom. The number of carbonyl (C=O) groups is 1. The van der Waals surface area contributed by atoms with Crippen molar-refractivity contribution < 1.29 is 9.53 Å². The van der Waals surface area contributed by atoms with E-state index < -0.39 is 0 Å². The molecule has 8 heteroatoms. The number of anilines is 1. The summed E-state index contributed by atoms with van der Waals surface area (Å²) in [4.78, 5) is 32.6. The van der Waals surface area contributed by atoms with Crippen LogP contribution in [0.4, 0.5) is 5.69 Å². The highest BCUT2D eigenvalue weighted by Crippen LogP contribution is 2.35. The van der Waals surface area contributed by atoms with Crippen molar-refractivity contribution >= 4 is 44.9 Å². The van der Waals surface area contributed by atoms with Crippen LogP contribution < -0.4 is 15.6 Å². The minimum Gasteiger partial charge on any atom is -0.457 e. The SMILES string of the molecule is C=CCn1c(SCC(=O)Nc2ccc(Oc3ccccc3)cc2)nc2sc3c(c2c1=O)CCC3. The standard InChI is InChI=1S/C26H23N3O3S2/c1-2-15-29-25(31)23-20-9-6-10-21(20)34-24(23)28-26(29)33-16-22(30)27-17-11-13-19(14-12-17)32-18-7-4-3-5-8-18/h2-5,7-8,11-14H,1,6,9-10,15-16H2,(H,27,30). The molecule has 0 atom stereocenters. The van der Waals surface area contributed by atoms with Crippen molar-refractivity contribution in [2.24, 2.45) is 0 Å². The summed E-state index contributed by atoms with van der Waals surface area (Å²) in [5, 5.41) is 4.17. The number of nitrogens with one attached hydrogen (secondary N) is 1. The van der Waals surface area contributed by atoms with Gasteiger partial charge >= 0.3 is 0 Å². The number of fused-ring (bicyclic) bond motifs is 3. The van der Waals surface area contributed by atoms with Gasteiger partial charge in [0.15, 0.2) is 5.16 Å². The Bertz CT molecular complexity index is 1410. The summed E-state index contributed by atoms with van der Waals surface area (Å²) in [7, 11) is 0. The molecule has 0 bridgehead atoms. The number of thiophene rings is 1. The summed E-state index contributed by atoms with van der Waals surface area (Å²) < 4.78 is 7.40. The van der Waals surface area contributed by atoms with Gasteiger partial charge in [0.2, 0.25) is 5.91 Å². The molecule has 0 aliphatic heterocycles. The van der Waals surface area contributed by atoms with Gasteiger partial charge in [0, 0.05) is 17.1 Å². The van der Waals surface area contributed by atoms with E-state index in [9.17, 15) is 9.59 Å². The van der Waals surface area contributed by atoms with Gasteiger partial charge in [-0.3, -0.25) is 14.2 Å². The zero-order valence-electron chi connectivity index (χ0n) is 18.5. The first kappa shape index (κ1) is 22.4. The number of thioether (sulfide) groups is 1. The quantitative estimate of drug-likeness (QED) is 0.197. The average Bonchev–Trinajstić information content (AvgIpc) is 3.43. The molecule has 0 unspecified atom stereocenters. The van der Waals surface area contributed by atoms with E-state index in [2.05, 4.69) is 11.9 Å². The van der Waals surface area contributed by atoms with Gasteiger partial charge in [-0.2, -0.15) is 0 Å². The van der Waals surface area contributed by atoms with Crippen LogP contribution in [0, 0.1) is 0 Å². The predicted molar refractivity (Wildman–Crippen MR) is 138 cm³/mol. The zero-order valence-corrected chi connectivity index (χ0v) is 20.1. The maximum atomic E-state index is 13.2. The van der Waals surface area contributed by atoms with Crippen molar-refractivity contribution in [2.45, 2.75) is 31.0 Å². The molecule has 34 heavy (non-hydrogen) atoms. The smallest absolute Gasteiger partial charge is 0.263 e. The number of carbonyl (C=O) groups excluding carboxylic acids is 1. The summed E-state index contributed by atoms with van der Waals surface area (Å²) in [6.45, 7) is 4.14. The zero-order chi connectivity index (χ0) is 23.5. The number of para-hydroxylation sites is 1. The van der Waals surface area contributed by atoms with Crippen LogP contribution in [0.3, 0.4) is 0 Å². The van der Waals surface area contributed by atoms with Crippen LogP contribution in [0.2, 0.25) is 0 Å². The van der Waals surface area contributed by atoms with E-state index in [0.29, 0.717) is 23.1 Å². The van der Waals surface area contributed by atoms with Crippen molar-refractivity contribution in [2.75, 3.05) is 11.1 Å². The highest BCUT2D eigenvalue weighted by Gasteiger charge is 2.23. The van der Waals surface area contributed by atoms with Gasteiger partial charge in [-0.05, 0) is 61.2 Å². The summed E-state index contributed by atoms with van der Waals surface area (Å²) in [5.74, 6) is 1.41. The van der Waals surface area contributed by atoms with Crippen molar-refractivity contribution in [3.05, 3.63) is 88.0 Å². The van der Waals surface area contributed by atoms with Gasteiger partial charge < -0.3 is 10.1 Å². The molecule has 0 fully saturated rings. The van der Waals surface area contributed by atoms with Crippen molar-refractivity contribution in [3.63, 3.8) is 0 Å². The minimum absolute atomic E-state index is 0.0405. The Balaban J connectivity index is 1.27. The van der Waals surface area contributed by atoms with Gasteiger partial charge in [-0.25, -0.2) is 4.98 Å². The lowest BCUT2D eigenvalue weighted by atomic mass is 10.2. The number of hydrogen-bond acceptors (Lipinski definition) is 6. The second-order valence-electron chi connectivity index (χ2n) is 7.91. The van der Waals surface area contributed by atoms with E-state index in [-0.39, 0.29) is 17.2 Å². The summed E-state index contributed by atoms with van der Waals surface area (Å²) in [5.41, 5.74) is 1.79. The lowest BCUT2D eigenvalue weighted by Crippen LogP contribution is -2.23. The number of nitrogens with zero attached hydrogens (tertiary/aromatic N) is 2. The topological polar surface area (TPSA) is 73.2 Å². The Labute approximate surface area is 205 Å².